The van der Waals surface area contributed by atoms with E-state index in [9.17, 15) is 4.79 Å². The number of ether oxygens (including phenoxy) is 1. The molecule has 8 heteroatoms. The SMILES string of the molecule is Cc1cc(Oc2ncccn2)ccc1NC(=O)c1csc(-c2ccco2)n1. The van der Waals surface area contributed by atoms with Gasteiger partial charge in [0.1, 0.15) is 11.4 Å². The standard InChI is InChI=1S/C19H14N4O3S/c1-12-10-13(26-19-20-7-3-8-21-19)5-6-14(12)22-17(24)15-11-27-18(23-15)16-4-2-9-25-16/h2-11H,1H3,(H,22,24). The molecular formula is C19H14N4O3S. The van der Waals surface area contributed by atoms with E-state index in [1.165, 1.54) is 11.3 Å². The normalized spacial score (nSPS) is 10.6. The molecule has 0 aliphatic heterocycles. The summed E-state index contributed by atoms with van der Waals surface area (Å²) in [5.74, 6) is 0.942. The van der Waals surface area contributed by atoms with Crippen molar-refractivity contribution in [2.45, 2.75) is 6.92 Å². The summed E-state index contributed by atoms with van der Waals surface area (Å²) in [6, 6.07) is 10.9. The van der Waals surface area contributed by atoms with Crippen LogP contribution >= 0.6 is 11.3 Å². The third kappa shape index (κ3) is 3.85. The molecule has 0 atom stereocenters. The van der Waals surface area contributed by atoms with Gasteiger partial charge in [0.05, 0.1) is 6.26 Å². The lowest BCUT2D eigenvalue weighted by molar-refractivity contribution is 0.102. The maximum absolute atomic E-state index is 12.5. The number of furan rings is 1. The molecule has 0 radical (unpaired) electrons. The Balaban J connectivity index is 1.47. The van der Waals surface area contributed by atoms with Crippen molar-refractivity contribution in [3.05, 3.63) is 71.7 Å². The van der Waals surface area contributed by atoms with Crippen LogP contribution in [0.3, 0.4) is 0 Å². The van der Waals surface area contributed by atoms with Crippen LogP contribution in [0.25, 0.3) is 10.8 Å². The molecule has 1 N–H and O–H groups in total. The van der Waals surface area contributed by atoms with E-state index < -0.39 is 0 Å². The number of carbonyl (C=O) groups excluding carboxylic acids is 1. The summed E-state index contributed by atoms with van der Waals surface area (Å²) < 4.78 is 10.9. The molecule has 4 aromatic rings. The summed E-state index contributed by atoms with van der Waals surface area (Å²) in [5, 5.41) is 5.23. The first kappa shape index (κ1) is 16.9. The largest absolute Gasteiger partial charge is 0.462 e. The summed E-state index contributed by atoms with van der Waals surface area (Å²) in [6.07, 6.45) is 4.78. The van der Waals surface area contributed by atoms with E-state index in [0.29, 0.717) is 27.9 Å². The Labute approximate surface area is 158 Å². The maximum Gasteiger partial charge on any atom is 0.321 e. The lowest BCUT2D eigenvalue weighted by atomic mass is 10.2. The van der Waals surface area contributed by atoms with Crippen molar-refractivity contribution in [1.82, 2.24) is 15.0 Å². The highest BCUT2D eigenvalue weighted by Crippen LogP contribution is 2.26. The van der Waals surface area contributed by atoms with Crippen molar-refractivity contribution in [3.8, 4) is 22.5 Å². The fraction of sp³-hybridized carbons (Fsp3) is 0.0526. The minimum Gasteiger partial charge on any atom is -0.462 e. The predicted molar refractivity (Wildman–Crippen MR) is 101 cm³/mol. The van der Waals surface area contributed by atoms with Crippen molar-refractivity contribution in [2.75, 3.05) is 5.32 Å². The smallest absolute Gasteiger partial charge is 0.321 e. The van der Waals surface area contributed by atoms with E-state index in [2.05, 4.69) is 20.3 Å². The topological polar surface area (TPSA) is 90.1 Å². The molecule has 27 heavy (non-hydrogen) atoms. The van der Waals surface area contributed by atoms with Gasteiger partial charge in [-0.25, -0.2) is 15.0 Å². The Kier molecular flexibility index (Phi) is 4.63. The van der Waals surface area contributed by atoms with Crippen LogP contribution in [0.15, 0.2) is 64.9 Å². The summed E-state index contributed by atoms with van der Waals surface area (Å²) >= 11 is 1.35. The van der Waals surface area contributed by atoms with Crippen molar-refractivity contribution >= 4 is 22.9 Å². The van der Waals surface area contributed by atoms with Gasteiger partial charge in [-0.2, -0.15) is 0 Å². The van der Waals surface area contributed by atoms with Gasteiger partial charge < -0.3 is 14.5 Å². The Bertz CT molecular complexity index is 1060. The van der Waals surface area contributed by atoms with Crippen molar-refractivity contribution in [3.63, 3.8) is 0 Å². The van der Waals surface area contributed by atoms with Gasteiger partial charge in [-0.05, 0) is 48.9 Å². The van der Waals surface area contributed by atoms with Gasteiger partial charge in [0.2, 0.25) is 0 Å². The zero-order valence-corrected chi connectivity index (χ0v) is 15.1. The molecule has 1 aromatic carbocycles. The summed E-state index contributed by atoms with van der Waals surface area (Å²) in [6.45, 7) is 1.88. The third-order valence-corrected chi connectivity index (χ3v) is 4.52. The van der Waals surface area contributed by atoms with Gasteiger partial charge in [0.25, 0.3) is 5.91 Å². The van der Waals surface area contributed by atoms with E-state index in [1.54, 1.807) is 60.4 Å². The number of thiazole rings is 1. The summed E-state index contributed by atoms with van der Waals surface area (Å²) in [5.41, 5.74) is 1.86. The van der Waals surface area contributed by atoms with Gasteiger partial charge in [-0.3, -0.25) is 4.79 Å². The second-order valence-corrected chi connectivity index (χ2v) is 6.44. The van der Waals surface area contributed by atoms with Crippen molar-refractivity contribution in [1.29, 1.82) is 0 Å². The monoisotopic (exact) mass is 378 g/mol. The van der Waals surface area contributed by atoms with Crippen LogP contribution in [-0.2, 0) is 0 Å². The molecular weight excluding hydrogens is 364 g/mol. The van der Waals surface area contributed by atoms with E-state index in [0.717, 1.165) is 5.56 Å². The number of rotatable bonds is 5. The molecule has 4 rings (SSSR count). The first-order chi connectivity index (χ1) is 13.2. The quantitative estimate of drug-likeness (QED) is 0.548. The van der Waals surface area contributed by atoms with Crippen LogP contribution in [0.4, 0.5) is 5.69 Å². The first-order valence-corrected chi connectivity index (χ1v) is 8.93. The second kappa shape index (κ2) is 7.38. The minimum atomic E-state index is -0.285. The number of carbonyl (C=O) groups is 1. The summed E-state index contributed by atoms with van der Waals surface area (Å²) in [7, 11) is 0. The Morgan fingerprint density at radius 2 is 2.04 bits per heavy atom. The van der Waals surface area contributed by atoms with Gasteiger partial charge in [0.15, 0.2) is 10.8 Å². The van der Waals surface area contributed by atoms with Crippen molar-refractivity contribution in [2.24, 2.45) is 0 Å². The maximum atomic E-state index is 12.5. The van der Waals surface area contributed by atoms with Gasteiger partial charge in [0, 0.05) is 23.5 Å². The number of nitrogens with one attached hydrogen (secondary N) is 1. The number of amides is 1. The molecule has 0 aliphatic carbocycles. The average molecular weight is 378 g/mol. The van der Waals surface area contributed by atoms with E-state index in [-0.39, 0.29) is 11.9 Å². The highest BCUT2D eigenvalue weighted by atomic mass is 32.1. The Morgan fingerprint density at radius 1 is 1.19 bits per heavy atom. The number of aryl methyl sites for hydroxylation is 1. The number of aromatic nitrogens is 3. The second-order valence-electron chi connectivity index (χ2n) is 5.58. The van der Waals surface area contributed by atoms with E-state index >= 15 is 0 Å². The number of hydrogen-bond acceptors (Lipinski definition) is 7. The lowest BCUT2D eigenvalue weighted by Gasteiger charge is -2.09. The van der Waals surface area contributed by atoms with Crippen molar-refractivity contribution < 1.29 is 13.9 Å². The molecule has 134 valence electrons. The number of anilines is 1. The number of hydrogen-bond donors (Lipinski definition) is 1. The van der Waals surface area contributed by atoms with Gasteiger partial charge in [-0.1, -0.05) is 0 Å². The minimum absolute atomic E-state index is 0.265. The van der Waals surface area contributed by atoms with Crippen LogP contribution in [0.1, 0.15) is 16.1 Å². The molecule has 0 aliphatic rings. The summed E-state index contributed by atoms with van der Waals surface area (Å²) in [4.78, 5) is 24.8. The van der Waals surface area contributed by atoms with Crippen LogP contribution in [0.5, 0.6) is 11.8 Å². The highest BCUT2D eigenvalue weighted by molar-refractivity contribution is 7.13. The third-order valence-electron chi connectivity index (χ3n) is 3.67. The molecule has 0 saturated carbocycles. The van der Waals surface area contributed by atoms with Crippen LogP contribution in [-0.4, -0.2) is 20.9 Å². The zero-order chi connectivity index (χ0) is 18.6. The molecule has 0 spiro atoms. The van der Waals surface area contributed by atoms with Gasteiger partial charge >= 0.3 is 6.01 Å². The molecule has 3 aromatic heterocycles. The number of nitrogens with zero attached hydrogens (tertiary/aromatic N) is 3. The lowest BCUT2D eigenvalue weighted by Crippen LogP contribution is -2.13. The molecule has 0 saturated heterocycles. The molecule has 0 bridgehead atoms. The molecule has 1 amide bonds. The Morgan fingerprint density at radius 3 is 2.78 bits per heavy atom. The molecule has 0 unspecified atom stereocenters. The number of benzene rings is 1. The van der Waals surface area contributed by atoms with Crippen LogP contribution < -0.4 is 10.1 Å². The average Bonchev–Trinajstić information content (AvgIpc) is 3.36. The zero-order valence-electron chi connectivity index (χ0n) is 14.2. The first-order valence-electron chi connectivity index (χ1n) is 8.05. The predicted octanol–water partition coefficient (Wildman–Crippen LogP) is 4.55. The van der Waals surface area contributed by atoms with Crippen LogP contribution in [0, 0.1) is 6.92 Å². The van der Waals surface area contributed by atoms with Gasteiger partial charge in [-0.15, -0.1) is 11.3 Å². The fourth-order valence-corrected chi connectivity index (χ4v) is 3.13. The highest BCUT2D eigenvalue weighted by Gasteiger charge is 2.14. The molecule has 0 fully saturated rings. The van der Waals surface area contributed by atoms with Crippen LogP contribution in [0.2, 0.25) is 0 Å². The van der Waals surface area contributed by atoms with E-state index in [4.69, 9.17) is 9.15 Å². The fourth-order valence-electron chi connectivity index (χ4n) is 2.36. The molecule has 3 heterocycles. The Hall–Kier alpha value is -3.52. The van der Waals surface area contributed by atoms with E-state index in [1.807, 2.05) is 6.92 Å². The molecule has 7 nitrogen and oxygen atoms in total.